The molecule has 21 heavy (non-hydrogen) atoms. The summed E-state index contributed by atoms with van der Waals surface area (Å²) < 4.78 is 2.07. The lowest BCUT2D eigenvalue weighted by Gasteiger charge is -2.08. The van der Waals surface area contributed by atoms with E-state index in [9.17, 15) is 5.11 Å². The lowest BCUT2D eigenvalue weighted by atomic mass is 10.0. The molecule has 0 unspecified atom stereocenters. The molecule has 0 radical (unpaired) electrons. The quantitative estimate of drug-likeness (QED) is 0.570. The predicted octanol–water partition coefficient (Wildman–Crippen LogP) is 1.28. The van der Waals surface area contributed by atoms with E-state index in [-0.39, 0.29) is 12.4 Å². The van der Waals surface area contributed by atoms with Crippen LogP contribution in [0, 0.1) is 0 Å². The Balaban J connectivity index is 0.00000161. The first-order chi connectivity index (χ1) is 9.74. The lowest BCUT2D eigenvalue weighted by molar-refractivity contribution is -0.482. The summed E-state index contributed by atoms with van der Waals surface area (Å²) in [4.78, 5) is 0. The van der Waals surface area contributed by atoms with Gasteiger partial charge >= 0.3 is 0 Å². The van der Waals surface area contributed by atoms with Crippen LogP contribution in [0.2, 0.25) is 5.02 Å². The van der Waals surface area contributed by atoms with Crippen LogP contribution in [0.4, 0.5) is 0 Å². The molecule has 0 saturated carbocycles. The number of aromatic hydroxyl groups is 1. The molecule has 2 heterocycles. The Hall–Kier alpha value is -1.51. The second-order valence-corrected chi connectivity index (χ2v) is 5.43. The molecule has 0 saturated heterocycles. The lowest BCUT2D eigenvalue weighted by Crippen LogP contribution is -3.00. The van der Waals surface area contributed by atoms with Crippen LogP contribution in [0.3, 0.4) is 0 Å². The van der Waals surface area contributed by atoms with Crippen LogP contribution in [-0.2, 0) is 6.42 Å². The van der Waals surface area contributed by atoms with Gasteiger partial charge < -0.3 is 17.5 Å². The molecule has 0 spiro atoms. The number of aromatic nitrogens is 1. The average molecular weight is 322 g/mol. The predicted molar refractivity (Wildman–Crippen MR) is 82.4 cm³/mol. The van der Waals surface area contributed by atoms with E-state index in [4.69, 9.17) is 11.6 Å². The number of fused-ring (bicyclic) bond motifs is 3. The minimum absolute atomic E-state index is 0. The van der Waals surface area contributed by atoms with E-state index in [0.29, 0.717) is 10.8 Å². The van der Waals surface area contributed by atoms with Gasteiger partial charge in [-0.25, -0.2) is 0 Å². The third-order valence-corrected chi connectivity index (χ3v) is 4.02. The van der Waals surface area contributed by atoms with Crippen molar-refractivity contribution >= 4 is 28.0 Å². The fourth-order valence-corrected chi connectivity index (χ4v) is 2.98. The molecule has 2 aromatic heterocycles. The SMILES string of the molecule is CCCCc1c(O)c2cccc(Cl)c2[n+]2ccccc12.[Cl-]. The number of hydrogen-bond acceptors (Lipinski definition) is 1. The maximum Gasteiger partial charge on any atom is 0.240 e. The van der Waals surface area contributed by atoms with E-state index in [1.807, 2.05) is 42.6 Å². The first-order valence-electron chi connectivity index (χ1n) is 6.96. The highest BCUT2D eigenvalue weighted by Gasteiger charge is 2.21. The topological polar surface area (TPSA) is 24.3 Å². The van der Waals surface area contributed by atoms with Gasteiger partial charge in [0.05, 0.1) is 10.9 Å². The second kappa shape index (κ2) is 6.50. The van der Waals surface area contributed by atoms with Gasteiger partial charge in [0.1, 0.15) is 10.8 Å². The van der Waals surface area contributed by atoms with Crippen LogP contribution in [0.5, 0.6) is 5.75 Å². The molecular formula is C17H17Cl2NO. The maximum absolute atomic E-state index is 10.6. The average Bonchev–Trinajstić information content (AvgIpc) is 2.47. The van der Waals surface area contributed by atoms with Crippen molar-refractivity contribution < 1.29 is 21.9 Å². The summed E-state index contributed by atoms with van der Waals surface area (Å²) in [6.45, 7) is 2.16. The fourth-order valence-electron chi connectivity index (χ4n) is 2.72. The van der Waals surface area contributed by atoms with Gasteiger partial charge in [0.15, 0.2) is 6.20 Å². The van der Waals surface area contributed by atoms with E-state index >= 15 is 0 Å². The van der Waals surface area contributed by atoms with Gasteiger partial charge in [0.2, 0.25) is 11.0 Å². The van der Waals surface area contributed by atoms with E-state index in [0.717, 1.165) is 41.2 Å². The highest BCUT2D eigenvalue weighted by Crippen LogP contribution is 2.33. The molecule has 1 N–H and O–H groups in total. The molecule has 3 aromatic rings. The molecule has 3 rings (SSSR count). The zero-order valence-electron chi connectivity index (χ0n) is 11.8. The first kappa shape index (κ1) is 15.9. The molecule has 2 nitrogen and oxygen atoms in total. The summed E-state index contributed by atoms with van der Waals surface area (Å²) in [5.41, 5.74) is 2.89. The zero-order valence-corrected chi connectivity index (χ0v) is 13.3. The van der Waals surface area contributed by atoms with Crippen LogP contribution in [0.1, 0.15) is 25.3 Å². The van der Waals surface area contributed by atoms with Crippen molar-refractivity contribution in [3.8, 4) is 5.75 Å². The Morgan fingerprint density at radius 1 is 1.14 bits per heavy atom. The Morgan fingerprint density at radius 2 is 1.95 bits per heavy atom. The van der Waals surface area contributed by atoms with Gasteiger partial charge in [-0.05, 0) is 31.0 Å². The molecular weight excluding hydrogens is 305 g/mol. The van der Waals surface area contributed by atoms with Crippen LogP contribution in [0.15, 0.2) is 42.6 Å². The van der Waals surface area contributed by atoms with Crippen LogP contribution < -0.4 is 16.8 Å². The van der Waals surface area contributed by atoms with Crippen LogP contribution >= 0.6 is 11.6 Å². The molecule has 1 aromatic carbocycles. The van der Waals surface area contributed by atoms with E-state index in [2.05, 4.69) is 11.3 Å². The molecule has 4 heteroatoms. The molecule has 0 atom stereocenters. The van der Waals surface area contributed by atoms with Crippen LogP contribution in [-0.4, -0.2) is 5.11 Å². The highest BCUT2D eigenvalue weighted by atomic mass is 35.5. The monoisotopic (exact) mass is 321 g/mol. The number of benzene rings is 1. The number of rotatable bonds is 3. The molecule has 110 valence electrons. The van der Waals surface area contributed by atoms with E-state index in [1.54, 1.807) is 0 Å². The third kappa shape index (κ3) is 2.66. The summed E-state index contributed by atoms with van der Waals surface area (Å²) in [6, 6.07) is 11.7. The van der Waals surface area contributed by atoms with Gasteiger partial charge in [0, 0.05) is 12.1 Å². The normalized spacial score (nSPS) is 10.8. The minimum atomic E-state index is 0. The first-order valence-corrected chi connectivity index (χ1v) is 7.34. The van der Waals surface area contributed by atoms with Gasteiger partial charge in [-0.2, -0.15) is 4.40 Å². The molecule has 0 bridgehead atoms. The van der Waals surface area contributed by atoms with Crippen molar-refractivity contribution in [2.24, 2.45) is 0 Å². The number of aryl methyl sites for hydroxylation is 1. The minimum Gasteiger partial charge on any atom is -1.00 e. The van der Waals surface area contributed by atoms with Gasteiger partial charge in [-0.1, -0.05) is 31.0 Å². The summed E-state index contributed by atoms with van der Waals surface area (Å²) in [5, 5.41) is 12.1. The molecule has 0 amide bonds. The Bertz CT molecular complexity index is 786. The summed E-state index contributed by atoms with van der Waals surface area (Å²) in [6.07, 6.45) is 5.03. The van der Waals surface area contributed by atoms with Gasteiger partial charge in [0.25, 0.3) is 0 Å². The molecule has 0 aliphatic carbocycles. The number of halogens is 2. The van der Waals surface area contributed by atoms with E-state index in [1.165, 1.54) is 0 Å². The summed E-state index contributed by atoms with van der Waals surface area (Å²) >= 11 is 6.33. The summed E-state index contributed by atoms with van der Waals surface area (Å²) in [5.74, 6) is 0.363. The van der Waals surface area contributed by atoms with Gasteiger partial charge in [-0.3, -0.25) is 0 Å². The Kier molecular flexibility index (Phi) is 4.92. The number of hydrogen-bond donors (Lipinski definition) is 1. The number of nitrogens with zero attached hydrogens (tertiary/aromatic N) is 1. The van der Waals surface area contributed by atoms with Crippen molar-refractivity contribution in [1.82, 2.24) is 0 Å². The van der Waals surface area contributed by atoms with Crippen molar-refractivity contribution in [3.05, 3.63) is 53.2 Å². The van der Waals surface area contributed by atoms with Crippen molar-refractivity contribution in [1.29, 1.82) is 0 Å². The zero-order chi connectivity index (χ0) is 14.1. The Morgan fingerprint density at radius 3 is 2.71 bits per heavy atom. The number of pyridine rings is 2. The fraction of sp³-hybridized carbons (Fsp3) is 0.235. The van der Waals surface area contributed by atoms with Crippen molar-refractivity contribution in [2.45, 2.75) is 26.2 Å². The third-order valence-electron chi connectivity index (χ3n) is 3.72. The molecule has 0 aliphatic heterocycles. The smallest absolute Gasteiger partial charge is 0.240 e. The molecule has 0 aliphatic rings. The Labute approximate surface area is 135 Å². The number of unbranched alkanes of at least 4 members (excludes halogenated alkanes) is 1. The van der Waals surface area contributed by atoms with E-state index < -0.39 is 0 Å². The second-order valence-electron chi connectivity index (χ2n) is 5.02. The van der Waals surface area contributed by atoms with Crippen molar-refractivity contribution in [2.75, 3.05) is 0 Å². The van der Waals surface area contributed by atoms with Crippen LogP contribution in [0.25, 0.3) is 16.4 Å². The largest absolute Gasteiger partial charge is 1.00 e. The van der Waals surface area contributed by atoms with Crippen molar-refractivity contribution in [3.63, 3.8) is 0 Å². The number of para-hydroxylation sites is 1. The maximum atomic E-state index is 10.6. The highest BCUT2D eigenvalue weighted by molar-refractivity contribution is 6.34. The molecule has 0 fully saturated rings. The van der Waals surface area contributed by atoms with Gasteiger partial charge in [-0.15, -0.1) is 0 Å². The standard InChI is InChI=1S/C17H16ClNO.ClH/c1-2-3-7-12-15-10-4-5-11-19(15)16-13(17(12)20)8-6-9-14(16)18;/h4-6,8-11H,2-3,7H2,1H3;1H. The summed E-state index contributed by atoms with van der Waals surface area (Å²) in [7, 11) is 0.